The lowest BCUT2D eigenvalue weighted by Gasteiger charge is -2.07. The predicted octanol–water partition coefficient (Wildman–Crippen LogP) is 1.93. The van der Waals surface area contributed by atoms with Crippen LogP contribution in [0.2, 0.25) is 5.02 Å². The van der Waals surface area contributed by atoms with Gasteiger partial charge >= 0.3 is 0 Å². The number of benzene rings is 1. The molecule has 3 N–H and O–H groups in total. The topological polar surface area (TPSA) is 70.2 Å². The quantitative estimate of drug-likeness (QED) is 0.643. The van der Waals surface area contributed by atoms with Gasteiger partial charge in [0, 0.05) is 23.2 Å². The van der Waals surface area contributed by atoms with Crippen molar-refractivity contribution in [2.75, 3.05) is 18.4 Å². The molecule has 2 amide bonds. The van der Waals surface area contributed by atoms with Crippen molar-refractivity contribution in [3.8, 4) is 0 Å². The summed E-state index contributed by atoms with van der Waals surface area (Å²) in [6.07, 6.45) is 3.43. The van der Waals surface area contributed by atoms with Gasteiger partial charge < -0.3 is 16.0 Å². The maximum Gasteiger partial charge on any atom is 0.238 e. The Morgan fingerprint density at radius 3 is 2.76 bits per heavy atom. The van der Waals surface area contributed by atoms with Gasteiger partial charge in [0.25, 0.3) is 0 Å². The number of halogens is 1. The molecule has 0 saturated heterocycles. The maximum atomic E-state index is 11.7. The van der Waals surface area contributed by atoms with Crippen molar-refractivity contribution in [2.24, 2.45) is 0 Å². The first-order valence-electron chi connectivity index (χ1n) is 7.19. The average Bonchev–Trinajstić information content (AvgIpc) is 3.22. The molecule has 0 atom stereocenters. The lowest BCUT2D eigenvalue weighted by atomic mass is 10.3. The number of carbonyl (C=O) groups excluding carboxylic acids is 2. The summed E-state index contributed by atoms with van der Waals surface area (Å²) in [5.74, 6) is -0.0256. The highest BCUT2D eigenvalue weighted by atomic mass is 35.5. The minimum atomic E-state index is -0.125. The summed E-state index contributed by atoms with van der Waals surface area (Å²) in [6, 6.07) is 7.42. The van der Waals surface area contributed by atoms with Crippen LogP contribution in [-0.2, 0) is 9.59 Å². The van der Waals surface area contributed by atoms with Gasteiger partial charge in [0.2, 0.25) is 11.8 Å². The number of anilines is 1. The Bertz CT molecular complexity index is 503. The Morgan fingerprint density at radius 1 is 1.24 bits per heavy atom. The Kier molecular flexibility index (Phi) is 6.02. The second-order valence-electron chi connectivity index (χ2n) is 5.18. The minimum Gasteiger partial charge on any atom is -0.353 e. The Balaban J connectivity index is 1.53. The van der Waals surface area contributed by atoms with Crippen molar-refractivity contribution < 1.29 is 9.59 Å². The van der Waals surface area contributed by atoms with Crippen molar-refractivity contribution in [3.05, 3.63) is 29.3 Å². The van der Waals surface area contributed by atoms with Gasteiger partial charge in [0.15, 0.2) is 0 Å². The van der Waals surface area contributed by atoms with Crippen LogP contribution in [0.1, 0.15) is 25.7 Å². The summed E-state index contributed by atoms with van der Waals surface area (Å²) in [4.78, 5) is 23.1. The summed E-state index contributed by atoms with van der Waals surface area (Å²) in [5.41, 5.74) is 0.679. The Hall–Kier alpha value is -1.59. The lowest BCUT2D eigenvalue weighted by Crippen LogP contribution is -2.30. The van der Waals surface area contributed by atoms with Gasteiger partial charge in [-0.1, -0.05) is 17.7 Å². The summed E-state index contributed by atoms with van der Waals surface area (Å²) in [6.45, 7) is 0.859. The van der Waals surface area contributed by atoms with Crippen LogP contribution in [0.15, 0.2) is 24.3 Å². The largest absolute Gasteiger partial charge is 0.353 e. The molecule has 1 aliphatic rings. The molecule has 114 valence electrons. The van der Waals surface area contributed by atoms with E-state index in [9.17, 15) is 9.59 Å². The molecular formula is C15H20ClN3O2. The molecule has 0 heterocycles. The molecule has 0 aliphatic heterocycles. The van der Waals surface area contributed by atoms with Gasteiger partial charge in [-0.2, -0.15) is 0 Å². The highest BCUT2D eigenvalue weighted by Crippen LogP contribution is 2.18. The predicted molar refractivity (Wildman–Crippen MR) is 83.4 cm³/mol. The molecule has 0 spiro atoms. The fourth-order valence-corrected chi connectivity index (χ4v) is 2.07. The van der Waals surface area contributed by atoms with E-state index in [0.717, 1.165) is 19.3 Å². The second kappa shape index (κ2) is 8.00. The fraction of sp³-hybridized carbons (Fsp3) is 0.467. The molecule has 5 nitrogen and oxygen atoms in total. The van der Waals surface area contributed by atoms with Crippen molar-refractivity contribution >= 4 is 29.1 Å². The van der Waals surface area contributed by atoms with E-state index in [1.54, 1.807) is 24.3 Å². The molecule has 1 saturated carbocycles. The molecule has 0 aromatic heterocycles. The van der Waals surface area contributed by atoms with E-state index in [-0.39, 0.29) is 18.4 Å². The summed E-state index contributed by atoms with van der Waals surface area (Å²) < 4.78 is 0. The molecule has 1 aromatic rings. The number of hydrogen-bond donors (Lipinski definition) is 3. The second-order valence-corrected chi connectivity index (χ2v) is 5.62. The SMILES string of the molecule is O=C(CNCCCC(=O)NC1CC1)Nc1cccc(Cl)c1. The Labute approximate surface area is 129 Å². The molecule has 0 radical (unpaired) electrons. The van der Waals surface area contributed by atoms with E-state index in [0.29, 0.717) is 29.7 Å². The zero-order valence-electron chi connectivity index (χ0n) is 11.8. The monoisotopic (exact) mass is 309 g/mol. The molecule has 6 heteroatoms. The molecular weight excluding hydrogens is 290 g/mol. The van der Waals surface area contributed by atoms with Crippen molar-refractivity contribution in [2.45, 2.75) is 31.7 Å². The highest BCUT2D eigenvalue weighted by molar-refractivity contribution is 6.30. The van der Waals surface area contributed by atoms with E-state index >= 15 is 0 Å². The molecule has 2 rings (SSSR count). The van der Waals surface area contributed by atoms with Crippen LogP contribution in [0.5, 0.6) is 0 Å². The summed E-state index contributed by atoms with van der Waals surface area (Å²) in [5, 5.41) is 9.29. The van der Waals surface area contributed by atoms with E-state index < -0.39 is 0 Å². The van der Waals surface area contributed by atoms with Crippen LogP contribution < -0.4 is 16.0 Å². The Morgan fingerprint density at radius 2 is 2.05 bits per heavy atom. The van der Waals surface area contributed by atoms with E-state index in [4.69, 9.17) is 11.6 Å². The first-order chi connectivity index (χ1) is 10.1. The number of rotatable bonds is 8. The van der Waals surface area contributed by atoms with E-state index in [1.807, 2.05) is 0 Å². The third-order valence-corrected chi connectivity index (χ3v) is 3.33. The van der Waals surface area contributed by atoms with Gasteiger partial charge in [-0.15, -0.1) is 0 Å². The van der Waals surface area contributed by atoms with Gasteiger partial charge in [-0.05, 0) is 44.0 Å². The van der Waals surface area contributed by atoms with Crippen LogP contribution >= 0.6 is 11.6 Å². The normalized spacial score (nSPS) is 13.8. The maximum absolute atomic E-state index is 11.7. The van der Waals surface area contributed by atoms with Crippen molar-refractivity contribution in [1.29, 1.82) is 0 Å². The molecule has 1 aliphatic carbocycles. The number of amides is 2. The average molecular weight is 310 g/mol. The summed E-state index contributed by atoms with van der Waals surface area (Å²) in [7, 11) is 0. The molecule has 21 heavy (non-hydrogen) atoms. The standard InChI is InChI=1S/C15H20ClN3O2/c16-11-3-1-4-13(9-11)19-15(21)10-17-8-2-5-14(20)18-12-6-7-12/h1,3-4,9,12,17H,2,5-8,10H2,(H,18,20)(H,19,21). The smallest absolute Gasteiger partial charge is 0.238 e. The fourth-order valence-electron chi connectivity index (χ4n) is 1.87. The third kappa shape index (κ3) is 6.60. The van der Waals surface area contributed by atoms with Crippen LogP contribution in [0, 0.1) is 0 Å². The minimum absolute atomic E-state index is 0.0997. The van der Waals surface area contributed by atoms with Crippen molar-refractivity contribution in [1.82, 2.24) is 10.6 Å². The zero-order valence-corrected chi connectivity index (χ0v) is 12.6. The van der Waals surface area contributed by atoms with Crippen LogP contribution in [-0.4, -0.2) is 30.9 Å². The van der Waals surface area contributed by atoms with Crippen LogP contribution in [0.4, 0.5) is 5.69 Å². The molecule has 0 bridgehead atoms. The molecule has 1 fully saturated rings. The zero-order chi connectivity index (χ0) is 15.1. The summed E-state index contributed by atoms with van der Waals surface area (Å²) >= 11 is 5.84. The lowest BCUT2D eigenvalue weighted by molar-refractivity contribution is -0.121. The number of hydrogen-bond acceptors (Lipinski definition) is 3. The van der Waals surface area contributed by atoms with E-state index in [1.165, 1.54) is 0 Å². The van der Waals surface area contributed by atoms with Gasteiger partial charge in [0.1, 0.15) is 0 Å². The number of carbonyl (C=O) groups is 2. The molecule has 0 unspecified atom stereocenters. The van der Waals surface area contributed by atoms with Crippen molar-refractivity contribution in [3.63, 3.8) is 0 Å². The first kappa shape index (κ1) is 15.8. The van der Waals surface area contributed by atoms with Gasteiger partial charge in [0.05, 0.1) is 6.54 Å². The first-order valence-corrected chi connectivity index (χ1v) is 7.57. The third-order valence-electron chi connectivity index (χ3n) is 3.09. The van der Waals surface area contributed by atoms with Gasteiger partial charge in [-0.3, -0.25) is 9.59 Å². The van der Waals surface area contributed by atoms with Crippen LogP contribution in [0.3, 0.4) is 0 Å². The molecule has 1 aromatic carbocycles. The number of nitrogens with one attached hydrogen (secondary N) is 3. The van der Waals surface area contributed by atoms with Crippen LogP contribution in [0.25, 0.3) is 0 Å². The highest BCUT2D eigenvalue weighted by Gasteiger charge is 2.22. The van der Waals surface area contributed by atoms with E-state index in [2.05, 4.69) is 16.0 Å². The van der Waals surface area contributed by atoms with Gasteiger partial charge in [-0.25, -0.2) is 0 Å².